The normalized spacial score (nSPS) is 33.2. The lowest BCUT2D eigenvalue weighted by Gasteiger charge is -2.28. The summed E-state index contributed by atoms with van der Waals surface area (Å²) < 4.78 is 36.1. The van der Waals surface area contributed by atoms with E-state index in [0.717, 1.165) is 10.9 Å². The van der Waals surface area contributed by atoms with Crippen molar-refractivity contribution in [1.82, 2.24) is 0 Å². The fraction of sp³-hybridized carbons (Fsp3) is 0.520. The van der Waals surface area contributed by atoms with E-state index in [0.29, 0.717) is 6.61 Å². The van der Waals surface area contributed by atoms with E-state index in [-0.39, 0.29) is 31.0 Å². The van der Waals surface area contributed by atoms with Crippen molar-refractivity contribution in [2.75, 3.05) is 13.2 Å². The van der Waals surface area contributed by atoms with Gasteiger partial charge >= 0.3 is 0 Å². The second kappa shape index (κ2) is 7.86. The van der Waals surface area contributed by atoms with Crippen LogP contribution >= 0.6 is 0 Å². The molecule has 3 saturated heterocycles. The fourth-order valence-electron chi connectivity index (χ4n) is 4.47. The topological polar surface area (TPSA) is 55.4 Å². The van der Waals surface area contributed by atoms with E-state index in [1.165, 1.54) is 5.39 Å². The maximum Gasteiger partial charge on any atom is 0.190 e. The Labute approximate surface area is 182 Å². The summed E-state index contributed by atoms with van der Waals surface area (Å²) in [7, 11) is 0. The van der Waals surface area contributed by atoms with Gasteiger partial charge in [-0.2, -0.15) is 0 Å². The first-order valence-corrected chi connectivity index (χ1v) is 10.7. The van der Waals surface area contributed by atoms with Crippen LogP contribution in [0.1, 0.15) is 33.3 Å². The monoisotopic (exact) mass is 424 g/mol. The highest BCUT2D eigenvalue weighted by Crippen LogP contribution is 2.41. The molecule has 3 aliphatic rings. The van der Waals surface area contributed by atoms with Crippen molar-refractivity contribution in [3.63, 3.8) is 0 Å². The third kappa shape index (κ3) is 4.22. The van der Waals surface area contributed by atoms with Crippen LogP contribution in [0, 0.1) is 11.8 Å². The van der Waals surface area contributed by atoms with Gasteiger partial charge in [-0.15, -0.1) is 0 Å². The minimum Gasteiger partial charge on any atom is -0.360 e. The summed E-state index contributed by atoms with van der Waals surface area (Å²) in [6.45, 7) is 8.22. The van der Waals surface area contributed by atoms with Crippen LogP contribution < -0.4 is 0 Å². The number of benzene rings is 2. The first-order chi connectivity index (χ1) is 14.8. The Hall–Kier alpha value is -1.98. The average molecular weight is 424 g/mol. The van der Waals surface area contributed by atoms with Gasteiger partial charge < -0.3 is 28.4 Å². The van der Waals surface area contributed by atoms with Crippen LogP contribution in [0.25, 0.3) is 10.8 Å². The van der Waals surface area contributed by atoms with Crippen LogP contribution in [0.5, 0.6) is 0 Å². The molecule has 0 aromatic heterocycles. The lowest BCUT2D eigenvalue weighted by molar-refractivity contribution is -0.235. The van der Waals surface area contributed by atoms with Crippen molar-refractivity contribution in [1.29, 1.82) is 0 Å². The molecule has 2 aromatic rings. The summed E-state index contributed by atoms with van der Waals surface area (Å²) in [4.78, 5) is 0. The minimum absolute atomic E-state index is 0.248. The number of hydrogen-bond donors (Lipinski definition) is 0. The van der Waals surface area contributed by atoms with Crippen LogP contribution in [0.4, 0.5) is 0 Å². The van der Waals surface area contributed by atoms with Crippen LogP contribution in [0.2, 0.25) is 0 Å². The quantitative estimate of drug-likeness (QED) is 0.702. The highest BCUT2D eigenvalue weighted by atomic mass is 16.8. The van der Waals surface area contributed by atoms with E-state index in [1.54, 1.807) is 0 Å². The van der Waals surface area contributed by atoms with Gasteiger partial charge in [-0.1, -0.05) is 48.2 Å². The smallest absolute Gasteiger partial charge is 0.190 e. The van der Waals surface area contributed by atoms with Crippen molar-refractivity contribution in [2.24, 2.45) is 0 Å². The van der Waals surface area contributed by atoms with Crippen LogP contribution in [0.15, 0.2) is 42.5 Å². The summed E-state index contributed by atoms with van der Waals surface area (Å²) in [6.07, 6.45) is -1.81. The van der Waals surface area contributed by atoms with Gasteiger partial charge in [0.05, 0.1) is 6.61 Å². The molecule has 0 spiro atoms. The van der Waals surface area contributed by atoms with E-state index < -0.39 is 17.9 Å². The summed E-state index contributed by atoms with van der Waals surface area (Å²) in [6, 6.07) is 14.3. The van der Waals surface area contributed by atoms with Gasteiger partial charge in [0, 0.05) is 5.56 Å². The first-order valence-electron chi connectivity index (χ1n) is 10.7. The van der Waals surface area contributed by atoms with E-state index in [1.807, 2.05) is 52.0 Å². The van der Waals surface area contributed by atoms with Gasteiger partial charge in [0.25, 0.3) is 0 Å². The van der Waals surface area contributed by atoms with E-state index in [9.17, 15) is 0 Å². The molecule has 0 N–H and O–H groups in total. The van der Waals surface area contributed by atoms with Crippen molar-refractivity contribution in [3.8, 4) is 11.8 Å². The number of rotatable bonds is 3. The number of ether oxygens (including phenoxy) is 6. The summed E-state index contributed by atoms with van der Waals surface area (Å²) >= 11 is 0. The molecular weight excluding hydrogens is 396 g/mol. The lowest BCUT2D eigenvalue weighted by atomic mass is 10.1. The molecular formula is C25H28O6. The average Bonchev–Trinajstić information content (AvgIpc) is 3.34. The molecule has 5 atom stereocenters. The molecule has 31 heavy (non-hydrogen) atoms. The van der Waals surface area contributed by atoms with Crippen LogP contribution in [0.3, 0.4) is 0 Å². The largest absolute Gasteiger partial charge is 0.360 e. The molecule has 5 rings (SSSR count). The molecule has 164 valence electrons. The number of hydrogen-bond acceptors (Lipinski definition) is 6. The molecule has 3 fully saturated rings. The highest BCUT2D eigenvalue weighted by Gasteiger charge is 2.58. The molecule has 0 saturated carbocycles. The zero-order valence-electron chi connectivity index (χ0n) is 18.3. The molecule has 6 heteroatoms. The molecule has 2 aromatic carbocycles. The third-order valence-electron chi connectivity index (χ3n) is 5.78. The van der Waals surface area contributed by atoms with Gasteiger partial charge in [0.2, 0.25) is 0 Å². The van der Waals surface area contributed by atoms with Crippen molar-refractivity contribution in [3.05, 3.63) is 48.0 Å². The molecule has 3 heterocycles. The van der Waals surface area contributed by atoms with Crippen molar-refractivity contribution < 1.29 is 28.4 Å². The Kier molecular flexibility index (Phi) is 5.30. The second-order valence-electron chi connectivity index (χ2n) is 9.04. The second-order valence-corrected chi connectivity index (χ2v) is 9.04. The predicted molar refractivity (Wildman–Crippen MR) is 114 cm³/mol. The first kappa shape index (κ1) is 20.9. The van der Waals surface area contributed by atoms with E-state index in [2.05, 4.69) is 30.0 Å². The Bertz CT molecular complexity index is 1010. The van der Waals surface area contributed by atoms with Crippen LogP contribution in [-0.2, 0) is 28.4 Å². The number of fused-ring (bicyclic) bond motifs is 2. The molecule has 0 unspecified atom stereocenters. The SMILES string of the molecule is CC1(C)O[C@H]2O[C@H]([C@H]3COC(C)(C)O3)[C@H](OCC#Cc3cccc4ccccc34)[C@H]2O1. The molecule has 6 nitrogen and oxygen atoms in total. The molecule has 0 bridgehead atoms. The van der Waals surface area contributed by atoms with Gasteiger partial charge in [0.1, 0.15) is 31.0 Å². The fourth-order valence-corrected chi connectivity index (χ4v) is 4.47. The predicted octanol–water partition coefficient (Wildman–Crippen LogP) is 3.60. The van der Waals surface area contributed by atoms with Crippen molar-refractivity contribution in [2.45, 2.75) is 70.0 Å². The van der Waals surface area contributed by atoms with Crippen molar-refractivity contribution >= 4 is 10.8 Å². The lowest BCUT2D eigenvalue weighted by Crippen LogP contribution is -2.44. The van der Waals surface area contributed by atoms with Crippen LogP contribution in [-0.4, -0.2) is 55.5 Å². The molecule has 3 aliphatic heterocycles. The maximum atomic E-state index is 6.20. The molecule has 0 radical (unpaired) electrons. The van der Waals surface area contributed by atoms with E-state index in [4.69, 9.17) is 28.4 Å². The standard InChI is InChI=1S/C25H28O6/c1-24(2)27-15-19(29-24)20-21(22-23(28-20)31-25(3,4)30-22)26-14-8-12-17-11-7-10-16-9-5-6-13-18(16)17/h5-7,9-11,13,19-23H,14-15H2,1-4H3/t19-,20-,21+,22-,23-/m1/s1. The Morgan fingerprint density at radius 1 is 0.935 bits per heavy atom. The zero-order chi connectivity index (χ0) is 21.6. The van der Waals surface area contributed by atoms with Gasteiger partial charge in [-0.25, -0.2) is 0 Å². The Morgan fingerprint density at radius 3 is 2.55 bits per heavy atom. The molecule has 0 aliphatic carbocycles. The summed E-state index contributed by atoms with van der Waals surface area (Å²) in [5.41, 5.74) is 0.981. The summed E-state index contributed by atoms with van der Waals surface area (Å²) in [5.74, 6) is 5.03. The van der Waals surface area contributed by atoms with E-state index >= 15 is 0 Å². The Balaban J connectivity index is 1.32. The highest BCUT2D eigenvalue weighted by molar-refractivity contribution is 5.88. The zero-order valence-corrected chi connectivity index (χ0v) is 18.3. The van der Waals surface area contributed by atoms with Gasteiger partial charge in [-0.05, 0) is 44.5 Å². The van der Waals surface area contributed by atoms with Gasteiger partial charge in [-0.3, -0.25) is 0 Å². The third-order valence-corrected chi connectivity index (χ3v) is 5.78. The molecule has 0 amide bonds. The summed E-state index contributed by atoms with van der Waals surface area (Å²) in [5, 5.41) is 2.30. The maximum absolute atomic E-state index is 6.20. The van der Waals surface area contributed by atoms with Gasteiger partial charge in [0.15, 0.2) is 17.9 Å². The minimum atomic E-state index is -0.719. The Morgan fingerprint density at radius 2 is 1.74 bits per heavy atom.